The fourth-order valence-electron chi connectivity index (χ4n) is 3.28. The van der Waals surface area contributed by atoms with E-state index in [0.717, 1.165) is 35.3 Å². The van der Waals surface area contributed by atoms with Crippen molar-refractivity contribution in [1.82, 2.24) is 4.90 Å². The van der Waals surface area contributed by atoms with Crippen LogP contribution >= 0.6 is 0 Å². The molecule has 0 spiro atoms. The van der Waals surface area contributed by atoms with Crippen molar-refractivity contribution >= 4 is 11.9 Å². The van der Waals surface area contributed by atoms with Gasteiger partial charge in [-0.3, -0.25) is 4.79 Å². The molecule has 1 amide bonds. The molecular weight excluding hydrogens is 358 g/mol. The van der Waals surface area contributed by atoms with Crippen molar-refractivity contribution < 1.29 is 24.2 Å². The number of amides is 1. The standard InChI is InChI=1S/C22H25NO5/c1-14-10-17(11-15(2)21(14)28-13-20(24)25)22(26)23(18-6-7-18)12-16-4-8-19(27-3)9-5-16/h4-5,8-11,18H,6-7,12-13H2,1-3H3,(H,24,25). The van der Waals surface area contributed by atoms with E-state index in [1.807, 2.05) is 43.0 Å². The number of methoxy groups -OCH3 is 1. The summed E-state index contributed by atoms with van der Waals surface area (Å²) in [6, 6.07) is 11.5. The molecule has 148 valence electrons. The fraction of sp³-hybridized carbons (Fsp3) is 0.364. The summed E-state index contributed by atoms with van der Waals surface area (Å²) in [5, 5.41) is 8.82. The van der Waals surface area contributed by atoms with Gasteiger partial charge in [0.15, 0.2) is 6.61 Å². The summed E-state index contributed by atoms with van der Waals surface area (Å²) in [5.74, 6) is 0.260. The lowest BCUT2D eigenvalue weighted by molar-refractivity contribution is -0.139. The van der Waals surface area contributed by atoms with E-state index in [1.54, 1.807) is 19.2 Å². The smallest absolute Gasteiger partial charge is 0.341 e. The van der Waals surface area contributed by atoms with Crippen molar-refractivity contribution in [3.8, 4) is 11.5 Å². The van der Waals surface area contributed by atoms with Crippen LogP contribution in [0.2, 0.25) is 0 Å². The molecule has 1 aliphatic rings. The van der Waals surface area contributed by atoms with E-state index in [2.05, 4.69) is 0 Å². The second kappa shape index (κ2) is 8.33. The van der Waals surface area contributed by atoms with Crippen molar-refractivity contribution in [1.29, 1.82) is 0 Å². The lowest BCUT2D eigenvalue weighted by Crippen LogP contribution is -2.32. The Bertz CT molecular complexity index is 848. The number of carbonyl (C=O) groups is 2. The first-order valence-electron chi connectivity index (χ1n) is 9.28. The quantitative estimate of drug-likeness (QED) is 0.754. The largest absolute Gasteiger partial charge is 0.497 e. The Morgan fingerprint density at radius 2 is 1.71 bits per heavy atom. The molecule has 1 saturated carbocycles. The molecule has 0 bridgehead atoms. The summed E-state index contributed by atoms with van der Waals surface area (Å²) in [4.78, 5) is 25.9. The highest BCUT2D eigenvalue weighted by Gasteiger charge is 2.33. The third kappa shape index (κ3) is 4.63. The zero-order valence-corrected chi connectivity index (χ0v) is 16.4. The monoisotopic (exact) mass is 383 g/mol. The first-order chi connectivity index (χ1) is 13.4. The molecule has 0 radical (unpaired) electrons. The molecule has 2 aromatic carbocycles. The number of carboxylic acid groups (broad SMARTS) is 1. The number of aliphatic carboxylic acids is 1. The molecule has 3 rings (SSSR count). The lowest BCUT2D eigenvalue weighted by Gasteiger charge is -2.24. The van der Waals surface area contributed by atoms with Gasteiger partial charge in [0.05, 0.1) is 7.11 Å². The number of carbonyl (C=O) groups excluding carboxylic acids is 1. The van der Waals surface area contributed by atoms with Crippen molar-refractivity contribution in [3.05, 3.63) is 58.7 Å². The Morgan fingerprint density at radius 1 is 1.11 bits per heavy atom. The van der Waals surface area contributed by atoms with Gasteiger partial charge in [0, 0.05) is 18.2 Å². The van der Waals surface area contributed by atoms with E-state index in [9.17, 15) is 9.59 Å². The molecule has 0 heterocycles. The van der Waals surface area contributed by atoms with Crippen LogP contribution in [0.5, 0.6) is 11.5 Å². The third-order valence-electron chi connectivity index (χ3n) is 4.81. The average molecular weight is 383 g/mol. The molecule has 0 atom stereocenters. The molecule has 2 aromatic rings. The summed E-state index contributed by atoms with van der Waals surface area (Å²) in [5.41, 5.74) is 3.16. The first-order valence-corrected chi connectivity index (χ1v) is 9.28. The number of hydrogen-bond donors (Lipinski definition) is 1. The van der Waals surface area contributed by atoms with Gasteiger partial charge in [0.1, 0.15) is 11.5 Å². The highest BCUT2D eigenvalue weighted by molar-refractivity contribution is 5.95. The number of ether oxygens (including phenoxy) is 2. The molecule has 0 saturated heterocycles. The Balaban J connectivity index is 1.80. The summed E-state index contributed by atoms with van der Waals surface area (Å²) in [6.45, 7) is 3.79. The zero-order valence-electron chi connectivity index (χ0n) is 16.4. The van der Waals surface area contributed by atoms with Gasteiger partial charge < -0.3 is 19.5 Å². The number of hydrogen-bond acceptors (Lipinski definition) is 4. The first kappa shape index (κ1) is 19.7. The van der Waals surface area contributed by atoms with Crippen LogP contribution in [0.3, 0.4) is 0 Å². The number of rotatable bonds is 8. The van der Waals surface area contributed by atoms with E-state index >= 15 is 0 Å². The van der Waals surface area contributed by atoms with Crippen LogP contribution in [0.4, 0.5) is 0 Å². The van der Waals surface area contributed by atoms with Crippen LogP contribution in [-0.4, -0.2) is 41.6 Å². The number of benzene rings is 2. The molecule has 1 aliphatic carbocycles. The minimum absolute atomic E-state index is 0.0192. The molecule has 6 heteroatoms. The maximum atomic E-state index is 13.2. The summed E-state index contributed by atoms with van der Waals surface area (Å²) >= 11 is 0. The highest BCUT2D eigenvalue weighted by atomic mass is 16.5. The maximum Gasteiger partial charge on any atom is 0.341 e. The number of carboxylic acids is 1. The minimum Gasteiger partial charge on any atom is -0.497 e. The van der Waals surface area contributed by atoms with Gasteiger partial charge in [-0.1, -0.05) is 12.1 Å². The Hall–Kier alpha value is -3.02. The van der Waals surface area contributed by atoms with Crippen molar-refractivity contribution in [2.24, 2.45) is 0 Å². The SMILES string of the molecule is COc1ccc(CN(C(=O)c2cc(C)c(OCC(=O)O)c(C)c2)C2CC2)cc1. The van der Waals surface area contributed by atoms with E-state index in [1.165, 1.54) is 0 Å². The Kier molecular flexibility index (Phi) is 5.87. The van der Waals surface area contributed by atoms with Gasteiger partial charge in [-0.05, 0) is 67.6 Å². The third-order valence-corrected chi connectivity index (χ3v) is 4.81. The summed E-state index contributed by atoms with van der Waals surface area (Å²) < 4.78 is 10.6. The van der Waals surface area contributed by atoms with Gasteiger partial charge in [0.25, 0.3) is 5.91 Å². The van der Waals surface area contributed by atoms with Crippen LogP contribution in [-0.2, 0) is 11.3 Å². The molecule has 0 unspecified atom stereocenters. The lowest BCUT2D eigenvalue weighted by atomic mass is 10.0. The Labute approximate surface area is 164 Å². The molecule has 6 nitrogen and oxygen atoms in total. The van der Waals surface area contributed by atoms with Crippen LogP contribution in [0.25, 0.3) is 0 Å². The van der Waals surface area contributed by atoms with Gasteiger partial charge in [-0.15, -0.1) is 0 Å². The summed E-state index contributed by atoms with van der Waals surface area (Å²) in [6.07, 6.45) is 2.03. The van der Waals surface area contributed by atoms with Crippen LogP contribution in [0.1, 0.15) is 39.9 Å². The van der Waals surface area contributed by atoms with Crippen LogP contribution in [0.15, 0.2) is 36.4 Å². The predicted octanol–water partition coefficient (Wildman–Crippen LogP) is 3.58. The fourth-order valence-corrected chi connectivity index (χ4v) is 3.28. The highest BCUT2D eigenvalue weighted by Crippen LogP contribution is 2.32. The van der Waals surface area contributed by atoms with Crippen molar-refractivity contribution in [3.63, 3.8) is 0 Å². The Morgan fingerprint density at radius 3 is 2.21 bits per heavy atom. The van der Waals surface area contributed by atoms with Crippen molar-refractivity contribution in [2.75, 3.05) is 13.7 Å². The van der Waals surface area contributed by atoms with E-state index < -0.39 is 12.6 Å². The second-order valence-corrected chi connectivity index (χ2v) is 7.13. The molecule has 0 aromatic heterocycles. The van der Waals surface area contributed by atoms with Gasteiger partial charge in [-0.2, -0.15) is 0 Å². The topological polar surface area (TPSA) is 76.1 Å². The molecule has 1 fully saturated rings. The normalized spacial score (nSPS) is 13.1. The molecule has 1 N–H and O–H groups in total. The van der Waals surface area contributed by atoms with Crippen molar-refractivity contribution in [2.45, 2.75) is 39.3 Å². The van der Waals surface area contributed by atoms with Gasteiger partial charge >= 0.3 is 5.97 Å². The minimum atomic E-state index is -1.03. The molecule has 28 heavy (non-hydrogen) atoms. The predicted molar refractivity (Wildman–Crippen MR) is 105 cm³/mol. The second-order valence-electron chi connectivity index (χ2n) is 7.13. The maximum absolute atomic E-state index is 13.2. The van der Waals surface area contributed by atoms with Crippen LogP contribution < -0.4 is 9.47 Å². The molecule has 0 aliphatic heterocycles. The summed E-state index contributed by atoms with van der Waals surface area (Å²) in [7, 11) is 1.63. The zero-order chi connectivity index (χ0) is 20.3. The molecular formula is C22H25NO5. The van der Waals surface area contributed by atoms with Gasteiger partial charge in [0.2, 0.25) is 0 Å². The van der Waals surface area contributed by atoms with E-state index in [-0.39, 0.29) is 11.9 Å². The van der Waals surface area contributed by atoms with E-state index in [0.29, 0.717) is 17.9 Å². The number of nitrogens with zero attached hydrogens (tertiary/aromatic N) is 1. The number of aryl methyl sites for hydroxylation is 2. The average Bonchev–Trinajstić information content (AvgIpc) is 3.50. The van der Waals surface area contributed by atoms with E-state index in [4.69, 9.17) is 14.6 Å². The van der Waals surface area contributed by atoms with Crippen LogP contribution in [0, 0.1) is 13.8 Å². The van der Waals surface area contributed by atoms with Gasteiger partial charge in [-0.25, -0.2) is 4.79 Å².